The lowest BCUT2D eigenvalue weighted by Gasteiger charge is -2.26. The highest BCUT2D eigenvalue weighted by molar-refractivity contribution is 7.22. The highest BCUT2D eigenvalue weighted by Crippen LogP contribution is 2.37. The van der Waals surface area contributed by atoms with Crippen LogP contribution in [0.15, 0.2) is 30.5 Å². The Morgan fingerprint density at radius 3 is 2.86 bits per heavy atom. The van der Waals surface area contributed by atoms with Crippen molar-refractivity contribution in [1.82, 2.24) is 10.3 Å². The largest absolute Gasteiger partial charge is 0.397 e. The smallest absolute Gasteiger partial charge is 0.263 e. The minimum atomic E-state index is -0.0533. The van der Waals surface area contributed by atoms with Gasteiger partial charge in [-0.15, -0.1) is 11.3 Å². The molecule has 1 aromatic carbocycles. The van der Waals surface area contributed by atoms with Gasteiger partial charge in [-0.2, -0.15) is 0 Å². The van der Waals surface area contributed by atoms with Crippen molar-refractivity contribution in [2.24, 2.45) is 0 Å². The molecule has 0 radical (unpaired) electrons. The van der Waals surface area contributed by atoms with Crippen molar-refractivity contribution in [3.05, 3.63) is 35.3 Å². The van der Waals surface area contributed by atoms with E-state index in [1.165, 1.54) is 17.8 Å². The first kappa shape index (κ1) is 12.6. The molecule has 4 rings (SSSR count). The molecule has 0 bridgehead atoms. The zero-order chi connectivity index (χ0) is 14.4. The summed E-state index contributed by atoms with van der Waals surface area (Å²) in [6.07, 6.45) is 5.10. The summed E-state index contributed by atoms with van der Waals surface area (Å²) in [4.78, 5) is 17.4. The molecule has 0 aliphatic heterocycles. The molecule has 4 nitrogen and oxygen atoms in total. The highest BCUT2D eigenvalue weighted by Gasteiger charge is 2.23. The predicted molar refractivity (Wildman–Crippen MR) is 86.6 cm³/mol. The number of thiophene rings is 1. The van der Waals surface area contributed by atoms with Crippen LogP contribution in [-0.4, -0.2) is 16.9 Å². The maximum atomic E-state index is 12.4. The standard InChI is InChI=1S/C16H15N3OS/c17-13-11-8-18-12-7-2-1-6-10(12)14(11)21-15(13)16(20)19-9-4-3-5-9/h1-2,6-9H,3-5,17H2,(H,19,20). The monoisotopic (exact) mass is 297 g/mol. The third kappa shape index (κ3) is 1.96. The van der Waals surface area contributed by atoms with E-state index in [9.17, 15) is 4.79 Å². The molecule has 0 saturated heterocycles. The number of anilines is 1. The Kier molecular flexibility index (Phi) is 2.82. The number of nitrogen functional groups attached to an aromatic ring is 1. The maximum Gasteiger partial charge on any atom is 0.263 e. The second-order valence-electron chi connectivity index (χ2n) is 5.46. The predicted octanol–water partition coefficient (Wildman–Crippen LogP) is 3.31. The number of amides is 1. The topological polar surface area (TPSA) is 68.0 Å². The lowest BCUT2D eigenvalue weighted by atomic mass is 9.93. The first-order chi connectivity index (χ1) is 10.2. The fourth-order valence-corrected chi connectivity index (χ4v) is 3.80. The molecule has 3 aromatic rings. The van der Waals surface area contributed by atoms with Gasteiger partial charge >= 0.3 is 0 Å². The molecule has 2 aromatic heterocycles. The fraction of sp³-hybridized carbons (Fsp3) is 0.250. The first-order valence-corrected chi connectivity index (χ1v) is 7.92. The number of rotatable bonds is 2. The Morgan fingerprint density at radius 1 is 1.29 bits per heavy atom. The Bertz CT molecular complexity index is 851. The van der Waals surface area contributed by atoms with Crippen molar-refractivity contribution in [2.45, 2.75) is 25.3 Å². The van der Waals surface area contributed by atoms with Gasteiger partial charge in [0, 0.05) is 27.7 Å². The number of nitrogens with zero attached hydrogens (tertiary/aromatic N) is 1. The average Bonchev–Trinajstić information content (AvgIpc) is 2.80. The van der Waals surface area contributed by atoms with Gasteiger partial charge in [0.15, 0.2) is 0 Å². The molecule has 1 saturated carbocycles. The van der Waals surface area contributed by atoms with Crippen molar-refractivity contribution < 1.29 is 4.79 Å². The van der Waals surface area contributed by atoms with Gasteiger partial charge in [0.05, 0.1) is 11.2 Å². The van der Waals surface area contributed by atoms with Crippen LogP contribution in [-0.2, 0) is 0 Å². The van der Waals surface area contributed by atoms with Crippen molar-refractivity contribution >= 4 is 43.9 Å². The molecule has 2 heterocycles. The molecule has 21 heavy (non-hydrogen) atoms. The van der Waals surface area contributed by atoms with Gasteiger partial charge in [0.25, 0.3) is 5.91 Å². The molecular formula is C16H15N3OS. The second kappa shape index (κ2) is 4.70. The summed E-state index contributed by atoms with van der Waals surface area (Å²) < 4.78 is 1.04. The Hall–Kier alpha value is -2.14. The van der Waals surface area contributed by atoms with Crippen molar-refractivity contribution in [1.29, 1.82) is 0 Å². The van der Waals surface area contributed by atoms with E-state index >= 15 is 0 Å². The molecular weight excluding hydrogens is 282 g/mol. The SMILES string of the molecule is Nc1c(C(=O)NC2CCC2)sc2c1cnc1ccccc12. The summed E-state index contributed by atoms with van der Waals surface area (Å²) in [5.41, 5.74) is 7.65. The summed E-state index contributed by atoms with van der Waals surface area (Å²) in [5, 5.41) is 4.98. The molecule has 106 valence electrons. The van der Waals surface area contributed by atoms with Crippen molar-refractivity contribution in [2.75, 3.05) is 5.73 Å². The van der Waals surface area contributed by atoms with Crippen LogP contribution in [0.25, 0.3) is 21.0 Å². The lowest BCUT2D eigenvalue weighted by Crippen LogP contribution is -2.39. The lowest BCUT2D eigenvalue weighted by molar-refractivity contribution is 0.0922. The van der Waals surface area contributed by atoms with Gasteiger partial charge in [-0.1, -0.05) is 18.2 Å². The van der Waals surface area contributed by atoms with E-state index in [0.29, 0.717) is 16.6 Å². The molecule has 1 aliphatic carbocycles. The number of benzene rings is 1. The fourth-order valence-electron chi connectivity index (χ4n) is 2.67. The summed E-state index contributed by atoms with van der Waals surface area (Å²) in [5.74, 6) is -0.0533. The molecule has 1 amide bonds. The van der Waals surface area contributed by atoms with E-state index in [-0.39, 0.29) is 5.91 Å². The Morgan fingerprint density at radius 2 is 2.10 bits per heavy atom. The molecule has 5 heteroatoms. The summed E-state index contributed by atoms with van der Waals surface area (Å²) in [6, 6.07) is 8.25. The van der Waals surface area contributed by atoms with E-state index in [1.807, 2.05) is 24.3 Å². The van der Waals surface area contributed by atoms with Crippen LogP contribution >= 0.6 is 11.3 Å². The average molecular weight is 297 g/mol. The van der Waals surface area contributed by atoms with E-state index in [1.54, 1.807) is 6.20 Å². The van der Waals surface area contributed by atoms with Crippen LogP contribution in [0.4, 0.5) is 5.69 Å². The number of nitrogens with two attached hydrogens (primary N) is 1. The van der Waals surface area contributed by atoms with Gasteiger partial charge in [0.2, 0.25) is 0 Å². The van der Waals surface area contributed by atoms with Gasteiger partial charge in [-0.3, -0.25) is 9.78 Å². The minimum absolute atomic E-state index is 0.0533. The Labute approximate surface area is 126 Å². The quantitative estimate of drug-likeness (QED) is 0.762. The second-order valence-corrected chi connectivity index (χ2v) is 6.48. The summed E-state index contributed by atoms with van der Waals surface area (Å²) in [6.45, 7) is 0. The van der Waals surface area contributed by atoms with Crippen LogP contribution in [0, 0.1) is 0 Å². The first-order valence-electron chi connectivity index (χ1n) is 7.10. The van der Waals surface area contributed by atoms with Crippen molar-refractivity contribution in [3.8, 4) is 0 Å². The number of hydrogen-bond acceptors (Lipinski definition) is 4. The number of para-hydroxylation sites is 1. The number of fused-ring (bicyclic) bond motifs is 3. The van der Waals surface area contributed by atoms with Gasteiger partial charge in [0.1, 0.15) is 4.88 Å². The van der Waals surface area contributed by atoms with Crippen LogP contribution in [0.3, 0.4) is 0 Å². The molecule has 1 aliphatic rings. The minimum Gasteiger partial charge on any atom is -0.397 e. The highest BCUT2D eigenvalue weighted by atomic mass is 32.1. The number of nitrogens with one attached hydrogen (secondary N) is 1. The normalized spacial score (nSPS) is 15.2. The van der Waals surface area contributed by atoms with E-state index < -0.39 is 0 Å². The van der Waals surface area contributed by atoms with E-state index in [2.05, 4.69) is 10.3 Å². The van der Waals surface area contributed by atoms with E-state index in [4.69, 9.17) is 5.73 Å². The van der Waals surface area contributed by atoms with Gasteiger partial charge in [-0.05, 0) is 25.3 Å². The number of aromatic nitrogens is 1. The van der Waals surface area contributed by atoms with Crippen LogP contribution in [0.5, 0.6) is 0 Å². The molecule has 0 unspecified atom stereocenters. The van der Waals surface area contributed by atoms with Crippen LogP contribution in [0.2, 0.25) is 0 Å². The zero-order valence-corrected chi connectivity index (χ0v) is 12.2. The molecule has 0 spiro atoms. The van der Waals surface area contributed by atoms with Gasteiger partial charge < -0.3 is 11.1 Å². The van der Waals surface area contributed by atoms with Gasteiger partial charge in [-0.25, -0.2) is 0 Å². The third-order valence-electron chi connectivity index (χ3n) is 4.11. The molecule has 0 atom stereocenters. The third-order valence-corrected chi connectivity index (χ3v) is 5.36. The number of carbonyl (C=O) groups excluding carboxylic acids is 1. The Balaban J connectivity index is 1.84. The number of carbonyl (C=O) groups is 1. The number of pyridine rings is 1. The molecule has 3 N–H and O–H groups in total. The van der Waals surface area contributed by atoms with E-state index in [0.717, 1.165) is 33.8 Å². The van der Waals surface area contributed by atoms with Crippen LogP contribution in [0.1, 0.15) is 28.9 Å². The molecule has 1 fully saturated rings. The van der Waals surface area contributed by atoms with Crippen LogP contribution < -0.4 is 11.1 Å². The maximum absolute atomic E-state index is 12.4. The van der Waals surface area contributed by atoms with Crippen molar-refractivity contribution in [3.63, 3.8) is 0 Å². The summed E-state index contributed by atoms with van der Waals surface area (Å²) in [7, 11) is 0. The number of hydrogen-bond donors (Lipinski definition) is 2. The summed E-state index contributed by atoms with van der Waals surface area (Å²) >= 11 is 1.46. The zero-order valence-electron chi connectivity index (χ0n) is 11.4.